The predicted molar refractivity (Wildman–Crippen MR) is 111 cm³/mol. The first-order valence-corrected chi connectivity index (χ1v) is 9.70. The third-order valence-corrected chi connectivity index (χ3v) is 5.00. The van der Waals surface area contributed by atoms with Gasteiger partial charge in [0, 0.05) is 12.7 Å². The van der Waals surface area contributed by atoms with Crippen LogP contribution in [-0.4, -0.2) is 38.1 Å². The molecule has 6 heteroatoms. The molecule has 148 valence electrons. The van der Waals surface area contributed by atoms with Crippen LogP contribution < -0.4 is 20.3 Å². The Bertz CT molecular complexity index is 844. The average Bonchev–Trinajstić information content (AvgIpc) is 2.73. The first-order valence-electron chi connectivity index (χ1n) is 9.70. The van der Waals surface area contributed by atoms with Gasteiger partial charge in [0.15, 0.2) is 6.10 Å². The maximum Gasteiger partial charge on any atom is 0.262 e. The molecule has 6 nitrogen and oxygen atoms in total. The van der Waals surface area contributed by atoms with Gasteiger partial charge in [0.25, 0.3) is 5.91 Å². The van der Waals surface area contributed by atoms with Crippen LogP contribution in [0.3, 0.4) is 0 Å². The summed E-state index contributed by atoms with van der Waals surface area (Å²) in [7, 11) is 1.58. The molecule has 1 atom stereocenters. The number of rotatable bonds is 6. The molecule has 0 aromatic heterocycles. The number of carbonyl (C=O) groups excluding carboxylic acids is 2. The molecule has 0 spiro atoms. The fourth-order valence-corrected chi connectivity index (χ4v) is 3.51. The van der Waals surface area contributed by atoms with Crippen molar-refractivity contribution in [3.05, 3.63) is 53.6 Å². The molecule has 0 saturated carbocycles. The lowest BCUT2D eigenvalue weighted by atomic mass is 10.0. The number of fused-ring (bicyclic) bond motifs is 1. The van der Waals surface area contributed by atoms with Crippen LogP contribution in [0.2, 0.25) is 0 Å². The summed E-state index contributed by atoms with van der Waals surface area (Å²) in [5, 5.41) is 5.71. The van der Waals surface area contributed by atoms with Crippen molar-refractivity contribution < 1.29 is 14.3 Å². The van der Waals surface area contributed by atoms with Gasteiger partial charge in [0.2, 0.25) is 5.91 Å². The van der Waals surface area contributed by atoms with E-state index in [0.717, 1.165) is 35.3 Å². The predicted octanol–water partition coefficient (Wildman–Crippen LogP) is 2.76. The van der Waals surface area contributed by atoms with Crippen LogP contribution in [0.15, 0.2) is 42.5 Å². The number of ether oxygens (including phenoxy) is 1. The summed E-state index contributed by atoms with van der Waals surface area (Å²) >= 11 is 0. The van der Waals surface area contributed by atoms with Crippen LogP contribution in [0.1, 0.15) is 25.0 Å². The fraction of sp³-hybridized carbons (Fsp3) is 0.364. The van der Waals surface area contributed by atoms with Gasteiger partial charge >= 0.3 is 0 Å². The van der Waals surface area contributed by atoms with E-state index >= 15 is 0 Å². The molecule has 1 aliphatic heterocycles. The highest BCUT2D eigenvalue weighted by molar-refractivity contribution is 5.96. The molecule has 1 aliphatic rings. The number of aryl methyl sites for hydroxylation is 2. The molecular weight excluding hydrogens is 354 g/mol. The normalized spacial score (nSPS) is 15.4. The molecule has 0 radical (unpaired) electrons. The second-order valence-corrected chi connectivity index (χ2v) is 6.78. The van der Waals surface area contributed by atoms with Crippen LogP contribution in [-0.2, 0) is 22.4 Å². The summed E-state index contributed by atoms with van der Waals surface area (Å²) < 4.78 is 5.80. The first-order chi connectivity index (χ1) is 13.6. The molecule has 2 N–H and O–H groups in total. The minimum Gasteiger partial charge on any atom is -0.477 e. The van der Waals surface area contributed by atoms with Crippen molar-refractivity contribution in [2.24, 2.45) is 0 Å². The second kappa shape index (κ2) is 8.78. The summed E-state index contributed by atoms with van der Waals surface area (Å²) in [5.41, 5.74) is 3.97. The third-order valence-electron chi connectivity index (χ3n) is 5.00. The maximum absolute atomic E-state index is 12.9. The molecule has 0 unspecified atom stereocenters. The highest BCUT2D eigenvalue weighted by atomic mass is 16.5. The molecule has 2 amide bonds. The minimum atomic E-state index is -0.651. The molecule has 0 fully saturated rings. The van der Waals surface area contributed by atoms with Gasteiger partial charge in [-0.15, -0.1) is 0 Å². The minimum absolute atomic E-state index is 0.108. The maximum atomic E-state index is 12.9. The summed E-state index contributed by atoms with van der Waals surface area (Å²) in [6.45, 7) is 4.63. The molecule has 28 heavy (non-hydrogen) atoms. The van der Waals surface area contributed by atoms with Crippen molar-refractivity contribution in [1.82, 2.24) is 5.32 Å². The van der Waals surface area contributed by atoms with E-state index in [0.29, 0.717) is 12.3 Å². The average molecular weight is 381 g/mol. The summed E-state index contributed by atoms with van der Waals surface area (Å²) in [6.07, 6.45) is 1.05. The number of hydrogen-bond acceptors (Lipinski definition) is 4. The Morgan fingerprint density at radius 3 is 2.39 bits per heavy atom. The summed E-state index contributed by atoms with van der Waals surface area (Å²) in [5.74, 6) is 0.297. The number of nitrogens with zero attached hydrogens (tertiary/aromatic N) is 1. The Morgan fingerprint density at radius 1 is 1.07 bits per heavy atom. The van der Waals surface area contributed by atoms with Crippen molar-refractivity contribution in [2.45, 2.75) is 32.8 Å². The Morgan fingerprint density at radius 2 is 1.75 bits per heavy atom. The molecule has 0 saturated heterocycles. The number of anilines is 2. The van der Waals surface area contributed by atoms with E-state index in [4.69, 9.17) is 4.74 Å². The summed E-state index contributed by atoms with van der Waals surface area (Å²) in [6, 6.07) is 13.6. The van der Waals surface area contributed by atoms with Gasteiger partial charge in [-0.05, 0) is 36.1 Å². The lowest BCUT2D eigenvalue weighted by Gasteiger charge is -2.35. The molecule has 2 aromatic carbocycles. The van der Waals surface area contributed by atoms with Gasteiger partial charge in [-0.25, -0.2) is 0 Å². The van der Waals surface area contributed by atoms with Crippen molar-refractivity contribution in [3.8, 4) is 5.75 Å². The number of nitrogens with one attached hydrogen (secondary N) is 2. The highest BCUT2D eigenvalue weighted by Gasteiger charge is 2.31. The Labute approximate surface area is 165 Å². The lowest BCUT2D eigenvalue weighted by molar-refractivity contribution is -0.127. The number of amides is 2. The van der Waals surface area contributed by atoms with E-state index in [2.05, 4.69) is 24.5 Å². The Kier molecular flexibility index (Phi) is 6.19. The second-order valence-electron chi connectivity index (χ2n) is 6.78. The zero-order valence-electron chi connectivity index (χ0n) is 16.6. The molecule has 0 bridgehead atoms. The number of para-hydroxylation sites is 3. The van der Waals surface area contributed by atoms with Crippen molar-refractivity contribution in [1.29, 1.82) is 0 Å². The molecule has 3 rings (SSSR count). The molecule has 0 aliphatic carbocycles. The lowest BCUT2D eigenvalue weighted by Crippen LogP contribution is -2.50. The van der Waals surface area contributed by atoms with E-state index in [9.17, 15) is 9.59 Å². The van der Waals surface area contributed by atoms with Crippen molar-refractivity contribution in [2.75, 3.05) is 30.4 Å². The van der Waals surface area contributed by atoms with E-state index < -0.39 is 6.10 Å². The fourth-order valence-electron chi connectivity index (χ4n) is 3.51. The van der Waals surface area contributed by atoms with E-state index in [1.165, 1.54) is 0 Å². The largest absolute Gasteiger partial charge is 0.477 e. The Hall–Kier alpha value is -3.02. The number of benzene rings is 2. The van der Waals surface area contributed by atoms with E-state index in [-0.39, 0.29) is 18.4 Å². The van der Waals surface area contributed by atoms with Crippen molar-refractivity contribution >= 4 is 23.2 Å². The van der Waals surface area contributed by atoms with Gasteiger partial charge in [0.1, 0.15) is 5.75 Å². The quantitative estimate of drug-likeness (QED) is 0.807. The monoisotopic (exact) mass is 381 g/mol. The number of hydrogen-bond donors (Lipinski definition) is 2. The standard InChI is InChI=1S/C22H27N3O3/c1-4-15-9-8-10-16(5-2)21(15)24-20(26)14-25-13-19(22(27)23-3)28-18-12-7-6-11-17(18)25/h6-12,19H,4-5,13-14H2,1-3H3,(H,23,27)(H,24,26)/t19-/m1/s1. The van der Waals surface area contributed by atoms with Gasteiger partial charge in [-0.1, -0.05) is 44.2 Å². The highest BCUT2D eigenvalue weighted by Crippen LogP contribution is 2.33. The first kappa shape index (κ1) is 19.7. The van der Waals surface area contributed by atoms with Crippen molar-refractivity contribution in [3.63, 3.8) is 0 Å². The van der Waals surface area contributed by atoms with Gasteiger partial charge in [0.05, 0.1) is 18.8 Å². The van der Waals surface area contributed by atoms with Crippen LogP contribution in [0.5, 0.6) is 5.75 Å². The third kappa shape index (κ3) is 4.11. The van der Waals surface area contributed by atoms with E-state index in [1.807, 2.05) is 47.4 Å². The zero-order chi connectivity index (χ0) is 20.1. The van der Waals surface area contributed by atoms with Gasteiger partial charge < -0.3 is 20.3 Å². The summed E-state index contributed by atoms with van der Waals surface area (Å²) in [4.78, 5) is 26.9. The van der Waals surface area contributed by atoms with Crippen LogP contribution in [0.4, 0.5) is 11.4 Å². The van der Waals surface area contributed by atoms with Crippen LogP contribution >= 0.6 is 0 Å². The van der Waals surface area contributed by atoms with Crippen LogP contribution in [0.25, 0.3) is 0 Å². The molecule has 2 aromatic rings. The zero-order valence-corrected chi connectivity index (χ0v) is 16.6. The number of likely N-dealkylation sites (N-methyl/N-ethyl adjacent to an activating group) is 1. The molecular formula is C22H27N3O3. The number of carbonyl (C=O) groups is 2. The SMILES string of the molecule is CCc1cccc(CC)c1NC(=O)CN1C[C@H](C(=O)NC)Oc2ccccc21. The Balaban J connectivity index is 1.81. The van der Waals surface area contributed by atoms with Crippen LogP contribution in [0, 0.1) is 0 Å². The van der Waals surface area contributed by atoms with Gasteiger partial charge in [-0.3, -0.25) is 9.59 Å². The smallest absolute Gasteiger partial charge is 0.262 e. The van der Waals surface area contributed by atoms with E-state index in [1.54, 1.807) is 7.05 Å². The topological polar surface area (TPSA) is 70.7 Å². The molecule has 1 heterocycles. The van der Waals surface area contributed by atoms with Gasteiger partial charge in [-0.2, -0.15) is 0 Å².